The SMILES string of the molecule is CN(C)c1ccc2c(c1)C(=O)OC2(c1ccc(O)cc1)c1cn(C)c2ccccc12. The molecule has 1 unspecified atom stereocenters. The number of benzene rings is 3. The summed E-state index contributed by atoms with van der Waals surface area (Å²) in [6.07, 6.45) is 2.03. The lowest BCUT2D eigenvalue weighted by Gasteiger charge is -2.30. The molecule has 3 aromatic carbocycles. The molecule has 1 aliphatic rings. The quantitative estimate of drug-likeness (QED) is 0.520. The third kappa shape index (κ3) is 2.45. The Kier molecular flexibility index (Phi) is 3.90. The molecule has 5 heteroatoms. The van der Waals surface area contributed by atoms with Gasteiger partial charge in [0.1, 0.15) is 5.75 Å². The third-order valence-electron chi connectivity index (χ3n) is 5.91. The van der Waals surface area contributed by atoms with Crippen LogP contribution in [0.25, 0.3) is 10.9 Å². The van der Waals surface area contributed by atoms with Gasteiger partial charge in [-0.1, -0.05) is 36.4 Å². The molecule has 5 nitrogen and oxygen atoms in total. The Labute approximate surface area is 174 Å². The molecule has 1 atom stereocenters. The van der Waals surface area contributed by atoms with Crippen molar-refractivity contribution in [3.8, 4) is 5.75 Å². The zero-order chi connectivity index (χ0) is 21.0. The van der Waals surface area contributed by atoms with Gasteiger partial charge in [0.15, 0.2) is 5.60 Å². The van der Waals surface area contributed by atoms with E-state index >= 15 is 0 Å². The van der Waals surface area contributed by atoms with Crippen LogP contribution in [0.5, 0.6) is 5.75 Å². The lowest BCUT2D eigenvalue weighted by Crippen LogP contribution is -2.29. The number of cyclic esters (lactones) is 1. The van der Waals surface area contributed by atoms with Crippen molar-refractivity contribution in [3.63, 3.8) is 0 Å². The fraction of sp³-hybridized carbons (Fsp3) is 0.160. The molecule has 0 saturated heterocycles. The summed E-state index contributed by atoms with van der Waals surface area (Å²) in [6, 6.07) is 20.8. The van der Waals surface area contributed by atoms with Gasteiger partial charge in [-0.3, -0.25) is 0 Å². The normalized spacial score (nSPS) is 17.8. The highest BCUT2D eigenvalue weighted by molar-refractivity contribution is 5.99. The fourth-order valence-electron chi connectivity index (χ4n) is 4.42. The van der Waals surface area contributed by atoms with Crippen LogP contribution in [0.1, 0.15) is 27.0 Å². The second-order valence-electron chi connectivity index (χ2n) is 7.91. The Balaban J connectivity index is 1.87. The van der Waals surface area contributed by atoms with E-state index in [-0.39, 0.29) is 11.7 Å². The highest BCUT2D eigenvalue weighted by atomic mass is 16.6. The molecule has 1 aromatic heterocycles. The van der Waals surface area contributed by atoms with Gasteiger partial charge in [-0.05, 0) is 30.3 Å². The number of aryl methyl sites for hydroxylation is 1. The number of hydrogen-bond acceptors (Lipinski definition) is 4. The third-order valence-corrected chi connectivity index (χ3v) is 5.91. The number of hydrogen-bond donors (Lipinski definition) is 1. The summed E-state index contributed by atoms with van der Waals surface area (Å²) in [7, 11) is 5.88. The predicted octanol–water partition coefficient (Wildman–Crippen LogP) is 4.41. The molecular formula is C25H22N2O3. The van der Waals surface area contributed by atoms with Crippen LogP contribution in [0.3, 0.4) is 0 Å². The van der Waals surface area contributed by atoms with E-state index in [0.717, 1.165) is 33.3 Å². The Morgan fingerprint density at radius 3 is 2.43 bits per heavy atom. The molecule has 2 heterocycles. The predicted molar refractivity (Wildman–Crippen MR) is 117 cm³/mol. The summed E-state index contributed by atoms with van der Waals surface area (Å²) >= 11 is 0. The molecule has 1 aliphatic heterocycles. The maximum absolute atomic E-state index is 13.1. The molecule has 5 rings (SSSR count). The lowest BCUT2D eigenvalue weighted by atomic mass is 9.79. The van der Waals surface area contributed by atoms with E-state index in [4.69, 9.17) is 4.74 Å². The number of phenolic OH excluding ortho intramolecular Hbond substituents is 1. The van der Waals surface area contributed by atoms with E-state index in [1.165, 1.54) is 0 Å². The number of aromatic hydroxyl groups is 1. The summed E-state index contributed by atoms with van der Waals surface area (Å²) in [5.74, 6) is -0.186. The largest absolute Gasteiger partial charge is 0.508 e. The number of rotatable bonds is 3. The minimum Gasteiger partial charge on any atom is -0.508 e. The van der Waals surface area contributed by atoms with Gasteiger partial charge in [0, 0.05) is 60.6 Å². The van der Waals surface area contributed by atoms with Crippen molar-refractivity contribution in [2.24, 2.45) is 7.05 Å². The maximum Gasteiger partial charge on any atom is 0.340 e. The minimum absolute atomic E-state index is 0.166. The molecule has 0 bridgehead atoms. The summed E-state index contributed by atoms with van der Waals surface area (Å²) < 4.78 is 8.28. The zero-order valence-corrected chi connectivity index (χ0v) is 17.1. The highest BCUT2D eigenvalue weighted by Crippen LogP contribution is 2.50. The van der Waals surface area contributed by atoms with E-state index in [0.29, 0.717) is 5.56 Å². The highest BCUT2D eigenvalue weighted by Gasteiger charge is 2.50. The first kappa shape index (κ1) is 18.3. The van der Waals surface area contributed by atoms with Crippen LogP contribution in [0, 0.1) is 0 Å². The summed E-state index contributed by atoms with van der Waals surface area (Å²) in [5.41, 5.74) is 3.95. The molecule has 30 heavy (non-hydrogen) atoms. The van der Waals surface area contributed by atoms with Crippen LogP contribution in [0.4, 0.5) is 5.69 Å². The fourth-order valence-corrected chi connectivity index (χ4v) is 4.42. The minimum atomic E-state index is -1.09. The summed E-state index contributed by atoms with van der Waals surface area (Å²) in [6.45, 7) is 0. The molecule has 0 aliphatic carbocycles. The van der Waals surface area contributed by atoms with E-state index in [9.17, 15) is 9.90 Å². The van der Waals surface area contributed by atoms with Crippen molar-refractivity contribution in [2.45, 2.75) is 5.60 Å². The van der Waals surface area contributed by atoms with Gasteiger partial charge in [-0.25, -0.2) is 4.79 Å². The number of para-hydroxylation sites is 1. The molecule has 4 aromatic rings. The molecule has 0 fully saturated rings. The molecule has 150 valence electrons. The monoisotopic (exact) mass is 398 g/mol. The van der Waals surface area contributed by atoms with Crippen molar-refractivity contribution in [3.05, 3.63) is 95.2 Å². The first-order valence-electron chi connectivity index (χ1n) is 9.81. The van der Waals surface area contributed by atoms with Gasteiger partial charge in [-0.15, -0.1) is 0 Å². The van der Waals surface area contributed by atoms with Crippen molar-refractivity contribution < 1.29 is 14.6 Å². The number of carbonyl (C=O) groups excluding carboxylic acids is 1. The smallest absolute Gasteiger partial charge is 0.340 e. The van der Waals surface area contributed by atoms with Gasteiger partial charge >= 0.3 is 5.97 Å². The van der Waals surface area contributed by atoms with Crippen LogP contribution in [0.15, 0.2) is 72.9 Å². The van der Waals surface area contributed by atoms with E-state index in [1.54, 1.807) is 12.1 Å². The topological polar surface area (TPSA) is 54.7 Å². The van der Waals surface area contributed by atoms with Crippen LogP contribution in [-0.2, 0) is 17.4 Å². The van der Waals surface area contributed by atoms with Crippen molar-refractivity contribution in [2.75, 3.05) is 19.0 Å². The maximum atomic E-state index is 13.1. The standard InChI is InChI=1S/C25H22N2O3/c1-26(2)17-10-13-21-20(14-17)24(29)30-25(21,16-8-11-18(28)12-9-16)22-15-27(3)23-7-5-4-6-19(22)23/h4-15,28H,1-3H3. The first-order valence-corrected chi connectivity index (χ1v) is 9.81. The molecule has 0 amide bonds. The Morgan fingerprint density at radius 1 is 0.967 bits per heavy atom. The van der Waals surface area contributed by atoms with Crippen molar-refractivity contribution in [1.29, 1.82) is 0 Å². The van der Waals surface area contributed by atoms with E-state index < -0.39 is 5.60 Å². The van der Waals surface area contributed by atoms with Gasteiger partial charge in [0.05, 0.1) is 5.56 Å². The van der Waals surface area contributed by atoms with Gasteiger partial charge < -0.3 is 19.3 Å². The molecule has 0 spiro atoms. The summed E-state index contributed by atoms with van der Waals surface area (Å²) in [5, 5.41) is 10.9. The number of esters is 1. The number of carbonyl (C=O) groups is 1. The number of phenols is 1. The van der Waals surface area contributed by atoms with Crippen LogP contribution in [-0.4, -0.2) is 29.7 Å². The molecule has 0 radical (unpaired) electrons. The van der Waals surface area contributed by atoms with Gasteiger partial charge in [0.2, 0.25) is 0 Å². The van der Waals surface area contributed by atoms with Gasteiger partial charge in [-0.2, -0.15) is 0 Å². The number of aromatic nitrogens is 1. The number of ether oxygens (including phenoxy) is 1. The average molecular weight is 398 g/mol. The lowest BCUT2D eigenvalue weighted by molar-refractivity contribution is 0.0255. The Bertz CT molecular complexity index is 1290. The van der Waals surface area contributed by atoms with Crippen LogP contribution in [0.2, 0.25) is 0 Å². The zero-order valence-electron chi connectivity index (χ0n) is 17.1. The van der Waals surface area contributed by atoms with E-state index in [1.807, 2.05) is 85.3 Å². The number of fused-ring (bicyclic) bond motifs is 2. The number of anilines is 1. The first-order chi connectivity index (χ1) is 14.4. The average Bonchev–Trinajstić information content (AvgIpc) is 3.24. The second-order valence-corrected chi connectivity index (χ2v) is 7.91. The van der Waals surface area contributed by atoms with Crippen LogP contribution < -0.4 is 4.90 Å². The summed E-state index contributed by atoms with van der Waals surface area (Å²) in [4.78, 5) is 15.1. The van der Waals surface area contributed by atoms with Gasteiger partial charge in [0.25, 0.3) is 0 Å². The molecular weight excluding hydrogens is 376 g/mol. The van der Waals surface area contributed by atoms with Crippen molar-refractivity contribution in [1.82, 2.24) is 4.57 Å². The molecule has 1 N–H and O–H groups in total. The second kappa shape index (κ2) is 6.39. The number of nitrogens with zero attached hydrogens (tertiary/aromatic N) is 2. The Morgan fingerprint density at radius 2 is 1.70 bits per heavy atom. The Hall–Kier alpha value is -3.73. The molecule has 0 saturated carbocycles. The van der Waals surface area contributed by atoms with Crippen molar-refractivity contribution >= 4 is 22.6 Å². The van der Waals surface area contributed by atoms with Crippen LogP contribution >= 0.6 is 0 Å². The van der Waals surface area contributed by atoms with E-state index in [2.05, 4.69) is 6.07 Å².